The van der Waals surface area contributed by atoms with Gasteiger partial charge in [-0.25, -0.2) is 9.97 Å². The largest absolute Gasteiger partial charge is 0.361 e. The molecule has 3 rings (SSSR count). The fraction of sp³-hybridized carbons (Fsp3) is 0.375. The number of aromatic nitrogens is 2. The molecule has 2 aromatic rings. The molecule has 1 aliphatic rings. The van der Waals surface area contributed by atoms with E-state index in [1.54, 1.807) is 6.07 Å². The molecule has 0 saturated heterocycles. The molecule has 0 radical (unpaired) electrons. The van der Waals surface area contributed by atoms with Gasteiger partial charge in [0.2, 0.25) is 0 Å². The third-order valence-corrected chi connectivity index (χ3v) is 4.04. The van der Waals surface area contributed by atoms with Crippen LogP contribution < -0.4 is 4.90 Å². The highest BCUT2D eigenvalue weighted by molar-refractivity contribution is 6.29. The lowest BCUT2D eigenvalue weighted by Crippen LogP contribution is -2.37. The number of halogens is 1. The molecule has 1 unspecified atom stereocenters. The van der Waals surface area contributed by atoms with E-state index in [-0.39, 0.29) is 0 Å². The van der Waals surface area contributed by atoms with Crippen molar-refractivity contribution in [3.05, 3.63) is 52.6 Å². The van der Waals surface area contributed by atoms with Gasteiger partial charge in [-0.2, -0.15) is 0 Å². The second-order valence-corrected chi connectivity index (χ2v) is 5.78. The van der Waals surface area contributed by atoms with Crippen molar-refractivity contribution in [1.29, 1.82) is 0 Å². The average Bonchev–Trinajstić information content (AvgIpc) is 2.41. The molecular weight excluding hydrogens is 270 g/mol. The van der Waals surface area contributed by atoms with Crippen LogP contribution >= 0.6 is 11.6 Å². The molecule has 0 saturated carbocycles. The SMILES string of the molecule is Cc1cc(Cl)nc(CN2c3ccccc3CCC2C)n1. The maximum atomic E-state index is 6.03. The van der Waals surface area contributed by atoms with Crippen molar-refractivity contribution < 1.29 is 0 Å². The molecule has 20 heavy (non-hydrogen) atoms. The van der Waals surface area contributed by atoms with Crippen LogP contribution in [0.3, 0.4) is 0 Å². The van der Waals surface area contributed by atoms with Crippen molar-refractivity contribution in [2.24, 2.45) is 0 Å². The predicted octanol–water partition coefficient (Wildman–Crippen LogP) is 3.78. The molecule has 0 bridgehead atoms. The summed E-state index contributed by atoms with van der Waals surface area (Å²) in [6.45, 7) is 4.91. The minimum Gasteiger partial charge on any atom is -0.361 e. The Labute approximate surface area is 124 Å². The monoisotopic (exact) mass is 287 g/mol. The lowest BCUT2D eigenvalue weighted by molar-refractivity contribution is 0.551. The first-order valence-electron chi connectivity index (χ1n) is 6.98. The highest BCUT2D eigenvalue weighted by Gasteiger charge is 2.23. The number of fused-ring (bicyclic) bond motifs is 1. The zero-order valence-corrected chi connectivity index (χ0v) is 12.6. The molecule has 1 aromatic heterocycles. The fourth-order valence-electron chi connectivity index (χ4n) is 2.81. The van der Waals surface area contributed by atoms with E-state index in [9.17, 15) is 0 Å². The van der Waals surface area contributed by atoms with Crippen LogP contribution in [0.5, 0.6) is 0 Å². The zero-order chi connectivity index (χ0) is 14.1. The average molecular weight is 288 g/mol. The standard InChI is InChI=1S/C16H18ClN3/c1-11-9-15(17)19-16(18-11)10-20-12(2)7-8-13-5-3-4-6-14(13)20/h3-6,9,12H,7-8,10H2,1-2H3. The van der Waals surface area contributed by atoms with Gasteiger partial charge < -0.3 is 4.90 Å². The van der Waals surface area contributed by atoms with Gasteiger partial charge >= 0.3 is 0 Å². The third-order valence-electron chi connectivity index (χ3n) is 3.85. The maximum Gasteiger partial charge on any atom is 0.149 e. The number of nitrogens with zero attached hydrogens (tertiary/aromatic N) is 3. The first-order chi connectivity index (χ1) is 9.63. The normalized spacial score (nSPS) is 17.9. The van der Waals surface area contributed by atoms with Crippen molar-refractivity contribution in [3.8, 4) is 0 Å². The summed E-state index contributed by atoms with van der Waals surface area (Å²) in [7, 11) is 0. The molecule has 0 N–H and O–H groups in total. The van der Waals surface area contributed by atoms with Gasteiger partial charge in [-0.1, -0.05) is 29.8 Å². The van der Waals surface area contributed by atoms with E-state index in [0.717, 1.165) is 24.4 Å². The van der Waals surface area contributed by atoms with E-state index < -0.39 is 0 Å². The van der Waals surface area contributed by atoms with E-state index in [0.29, 0.717) is 17.7 Å². The molecule has 4 heteroatoms. The Hall–Kier alpha value is -1.61. The van der Waals surface area contributed by atoms with Gasteiger partial charge in [-0.3, -0.25) is 0 Å². The topological polar surface area (TPSA) is 29.0 Å². The molecule has 1 aromatic carbocycles. The second kappa shape index (κ2) is 5.41. The first-order valence-corrected chi connectivity index (χ1v) is 7.36. The van der Waals surface area contributed by atoms with Gasteiger partial charge in [0, 0.05) is 17.4 Å². The Bertz CT molecular complexity index is 607. The predicted molar refractivity (Wildman–Crippen MR) is 82.2 cm³/mol. The fourth-order valence-corrected chi connectivity index (χ4v) is 3.07. The second-order valence-electron chi connectivity index (χ2n) is 5.39. The smallest absolute Gasteiger partial charge is 0.149 e. The van der Waals surface area contributed by atoms with Crippen LogP contribution in [0.15, 0.2) is 30.3 Å². The van der Waals surface area contributed by atoms with E-state index in [1.807, 2.05) is 6.92 Å². The highest BCUT2D eigenvalue weighted by atomic mass is 35.5. The molecule has 1 atom stereocenters. The Morgan fingerprint density at radius 3 is 2.90 bits per heavy atom. The molecular formula is C16H18ClN3. The number of benzene rings is 1. The molecule has 104 valence electrons. The van der Waals surface area contributed by atoms with Gasteiger partial charge in [0.05, 0.1) is 6.54 Å². The summed E-state index contributed by atoms with van der Waals surface area (Å²) < 4.78 is 0. The maximum absolute atomic E-state index is 6.03. The summed E-state index contributed by atoms with van der Waals surface area (Å²) >= 11 is 6.03. The van der Waals surface area contributed by atoms with Gasteiger partial charge in [-0.05, 0) is 44.4 Å². The highest BCUT2D eigenvalue weighted by Crippen LogP contribution is 2.31. The van der Waals surface area contributed by atoms with Crippen LogP contribution in [-0.4, -0.2) is 16.0 Å². The summed E-state index contributed by atoms with van der Waals surface area (Å²) in [6, 6.07) is 10.9. The minimum absolute atomic E-state index is 0.493. The van der Waals surface area contributed by atoms with Gasteiger partial charge in [0.25, 0.3) is 0 Å². The summed E-state index contributed by atoms with van der Waals surface area (Å²) in [5.74, 6) is 0.790. The zero-order valence-electron chi connectivity index (χ0n) is 11.8. The Morgan fingerprint density at radius 1 is 1.30 bits per heavy atom. The van der Waals surface area contributed by atoms with E-state index in [1.165, 1.54) is 11.3 Å². The molecule has 0 fully saturated rings. The number of para-hydroxylation sites is 1. The van der Waals surface area contributed by atoms with Crippen molar-refractivity contribution in [3.63, 3.8) is 0 Å². The molecule has 3 nitrogen and oxygen atoms in total. The lowest BCUT2D eigenvalue weighted by Gasteiger charge is -2.36. The van der Waals surface area contributed by atoms with E-state index >= 15 is 0 Å². The number of hydrogen-bond acceptors (Lipinski definition) is 3. The minimum atomic E-state index is 0.493. The summed E-state index contributed by atoms with van der Waals surface area (Å²) in [5, 5.41) is 0.519. The van der Waals surface area contributed by atoms with Crippen molar-refractivity contribution in [2.75, 3.05) is 4.90 Å². The molecule has 0 aliphatic carbocycles. The Morgan fingerprint density at radius 2 is 2.10 bits per heavy atom. The first kappa shape index (κ1) is 13.4. The van der Waals surface area contributed by atoms with Crippen LogP contribution in [0.2, 0.25) is 5.15 Å². The van der Waals surface area contributed by atoms with Gasteiger partial charge in [-0.15, -0.1) is 0 Å². The number of hydrogen-bond donors (Lipinski definition) is 0. The number of rotatable bonds is 2. The molecule has 0 spiro atoms. The van der Waals surface area contributed by atoms with Crippen molar-refractivity contribution in [1.82, 2.24) is 9.97 Å². The van der Waals surface area contributed by atoms with Crippen molar-refractivity contribution >= 4 is 17.3 Å². The van der Waals surface area contributed by atoms with E-state index in [2.05, 4.69) is 46.1 Å². The summed E-state index contributed by atoms with van der Waals surface area (Å²) in [4.78, 5) is 11.2. The Balaban J connectivity index is 1.93. The molecule has 1 aliphatic heterocycles. The third kappa shape index (κ3) is 2.63. The number of anilines is 1. The number of aryl methyl sites for hydroxylation is 2. The van der Waals surface area contributed by atoms with Crippen LogP contribution in [0.25, 0.3) is 0 Å². The van der Waals surface area contributed by atoms with Crippen LogP contribution in [0.4, 0.5) is 5.69 Å². The van der Waals surface area contributed by atoms with Crippen LogP contribution in [-0.2, 0) is 13.0 Å². The van der Waals surface area contributed by atoms with Crippen LogP contribution in [0, 0.1) is 6.92 Å². The van der Waals surface area contributed by atoms with Gasteiger partial charge in [0.15, 0.2) is 0 Å². The van der Waals surface area contributed by atoms with Crippen molar-refractivity contribution in [2.45, 2.75) is 39.3 Å². The molecule has 2 heterocycles. The van der Waals surface area contributed by atoms with E-state index in [4.69, 9.17) is 11.6 Å². The van der Waals surface area contributed by atoms with Gasteiger partial charge in [0.1, 0.15) is 11.0 Å². The molecule has 0 amide bonds. The Kier molecular flexibility index (Phi) is 3.62. The quantitative estimate of drug-likeness (QED) is 0.787. The summed E-state index contributed by atoms with van der Waals surface area (Å²) in [5.41, 5.74) is 3.62. The summed E-state index contributed by atoms with van der Waals surface area (Å²) in [6.07, 6.45) is 2.31. The lowest BCUT2D eigenvalue weighted by atomic mass is 9.96. The van der Waals surface area contributed by atoms with Crippen LogP contribution in [0.1, 0.15) is 30.4 Å².